The molecule has 0 fully saturated rings. The van der Waals surface area contributed by atoms with Gasteiger partial charge in [-0.15, -0.1) is 0 Å². The summed E-state index contributed by atoms with van der Waals surface area (Å²) in [7, 11) is -2.32. The number of esters is 1. The molecular weight excluding hydrogens is 338 g/mol. The first-order valence-electron chi connectivity index (χ1n) is 5.34. The Balaban J connectivity index is 2.83. The van der Waals surface area contributed by atoms with Crippen LogP contribution in [0.15, 0.2) is 27.6 Å². The van der Waals surface area contributed by atoms with E-state index in [1.807, 2.05) is 0 Å². The number of hydrogen-bond acceptors (Lipinski definition) is 5. The number of carbonyl (C=O) groups excluding carboxylic acids is 1. The van der Waals surface area contributed by atoms with Gasteiger partial charge in [-0.05, 0) is 18.2 Å². The highest BCUT2D eigenvalue weighted by molar-refractivity contribution is 9.10. The molecule has 0 aliphatic rings. The molecule has 0 saturated heterocycles. The summed E-state index contributed by atoms with van der Waals surface area (Å²) in [5, 5.41) is 5.02. The SMILES string of the molecule is COCCCOC(=O)c1cc(Br)cc(S(N)(=O)=O)c1. The fourth-order valence-corrected chi connectivity index (χ4v) is 2.52. The number of hydrogen-bond donors (Lipinski definition) is 1. The van der Waals surface area contributed by atoms with E-state index in [1.54, 1.807) is 7.11 Å². The van der Waals surface area contributed by atoms with Crippen LogP contribution in [0.25, 0.3) is 0 Å². The van der Waals surface area contributed by atoms with Gasteiger partial charge in [0.1, 0.15) is 0 Å². The van der Waals surface area contributed by atoms with E-state index >= 15 is 0 Å². The zero-order valence-electron chi connectivity index (χ0n) is 10.3. The summed E-state index contributed by atoms with van der Waals surface area (Å²) >= 11 is 3.12. The lowest BCUT2D eigenvalue weighted by molar-refractivity contribution is 0.0468. The Kier molecular flexibility index (Phi) is 5.92. The summed E-state index contributed by atoms with van der Waals surface area (Å²) in [5.41, 5.74) is 0.121. The van der Waals surface area contributed by atoms with Gasteiger partial charge in [-0.2, -0.15) is 0 Å². The summed E-state index contributed by atoms with van der Waals surface area (Å²) < 4.78 is 32.7. The number of methoxy groups -OCH3 is 1. The van der Waals surface area contributed by atoms with E-state index in [0.717, 1.165) is 0 Å². The molecule has 1 rings (SSSR count). The summed E-state index contributed by atoms with van der Waals surface area (Å²) in [5.74, 6) is -0.609. The molecule has 0 bridgehead atoms. The van der Waals surface area contributed by atoms with Crippen molar-refractivity contribution in [1.82, 2.24) is 0 Å². The molecule has 1 aromatic rings. The van der Waals surface area contributed by atoms with Gasteiger partial charge in [0.15, 0.2) is 0 Å². The van der Waals surface area contributed by atoms with E-state index in [4.69, 9.17) is 14.6 Å². The standard InChI is InChI=1S/C11H14BrNO5S/c1-17-3-2-4-18-11(14)8-5-9(12)7-10(6-8)19(13,15)16/h5-7H,2-4H2,1H3,(H2,13,15,16). The maximum absolute atomic E-state index is 11.7. The number of sulfonamides is 1. The first-order valence-corrected chi connectivity index (χ1v) is 7.68. The zero-order chi connectivity index (χ0) is 14.5. The lowest BCUT2D eigenvalue weighted by Crippen LogP contribution is -2.14. The summed E-state index contributed by atoms with van der Waals surface area (Å²) in [6.07, 6.45) is 0.568. The molecule has 1 aromatic carbocycles. The Morgan fingerprint density at radius 1 is 1.32 bits per heavy atom. The van der Waals surface area contributed by atoms with Crippen LogP contribution in [0.5, 0.6) is 0 Å². The molecule has 0 aliphatic heterocycles. The van der Waals surface area contributed by atoms with Crippen molar-refractivity contribution in [1.29, 1.82) is 0 Å². The average Bonchev–Trinajstić information content (AvgIpc) is 2.32. The molecule has 0 radical (unpaired) electrons. The zero-order valence-corrected chi connectivity index (χ0v) is 12.7. The smallest absolute Gasteiger partial charge is 0.338 e. The Labute approximate surface area is 120 Å². The fraction of sp³-hybridized carbons (Fsp3) is 0.364. The van der Waals surface area contributed by atoms with Gasteiger partial charge in [0, 0.05) is 24.6 Å². The minimum Gasteiger partial charge on any atom is -0.462 e. The van der Waals surface area contributed by atoms with Crippen LogP contribution in [0.4, 0.5) is 0 Å². The molecule has 0 atom stereocenters. The van der Waals surface area contributed by atoms with Crippen LogP contribution in [0.3, 0.4) is 0 Å². The molecule has 0 aromatic heterocycles. The molecular formula is C11H14BrNO5S. The highest BCUT2D eigenvalue weighted by Crippen LogP contribution is 2.19. The number of halogens is 1. The fourth-order valence-electron chi connectivity index (χ4n) is 1.30. The van der Waals surface area contributed by atoms with Crippen molar-refractivity contribution in [2.45, 2.75) is 11.3 Å². The maximum Gasteiger partial charge on any atom is 0.338 e. The van der Waals surface area contributed by atoms with Crippen LogP contribution in [0, 0.1) is 0 Å². The number of nitrogens with two attached hydrogens (primary N) is 1. The first kappa shape index (κ1) is 16.1. The van der Waals surface area contributed by atoms with Crippen molar-refractivity contribution in [3.63, 3.8) is 0 Å². The topological polar surface area (TPSA) is 95.7 Å². The van der Waals surface area contributed by atoms with Crippen LogP contribution in [-0.2, 0) is 19.5 Å². The van der Waals surface area contributed by atoms with Gasteiger partial charge in [0.25, 0.3) is 0 Å². The van der Waals surface area contributed by atoms with Crippen LogP contribution in [0.2, 0.25) is 0 Å². The summed E-state index contributed by atoms with van der Waals surface area (Å²) in [6, 6.07) is 3.96. The summed E-state index contributed by atoms with van der Waals surface area (Å²) in [6.45, 7) is 0.679. The Hall–Kier alpha value is -0.960. The third-order valence-electron chi connectivity index (χ3n) is 2.16. The van der Waals surface area contributed by atoms with Crippen molar-refractivity contribution in [3.05, 3.63) is 28.2 Å². The Bertz CT molecular complexity index is 558. The second kappa shape index (κ2) is 6.99. The Morgan fingerprint density at radius 2 is 2.00 bits per heavy atom. The maximum atomic E-state index is 11.7. The molecule has 8 heteroatoms. The number of benzene rings is 1. The lowest BCUT2D eigenvalue weighted by Gasteiger charge is -2.06. The normalized spacial score (nSPS) is 11.3. The molecule has 0 aliphatic carbocycles. The van der Waals surface area contributed by atoms with Gasteiger partial charge in [-0.1, -0.05) is 15.9 Å². The molecule has 106 valence electrons. The molecule has 2 N–H and O–H groups in total. The molecule has 0 saturated carbocycles. The molecule has 0 heterocycles. The van der Waals surface area contributed by atoms with E-state index in [-0.39, 0.29) is 17.1 Å². The van der Waals surface area contributed by atoms with Crippen molar-refractivity contribution in [3.8, 4) is 0 Å². The van der Waals surface area contributed by atoms with Crippen molar-refractivity contribution in [2.75, 3.05) is 20.3 Å². The van der Waals surface area contributed by atoms with Crippen molar-refractivity contribution >= 4 is 31.9 Å². The minimum atomic E-state index is -3.87. The van der Waals surface area contributed by atoms with E-state index < -0.39 is 16.0 Å². The third kappa shape index (κ3) is 5.27. The molecule has 0 amide bonds. The Morgan fingerprint density at radius 3 is 2.58 bits per heavy atom. The van der Waals surface area contributed by atoms with Gasteiger partial charge in [-0.25, -0.2) is 18.4 Å². The second-order valence-electron chi connectivity index (χ2n) is 3.70. The second-order valence-corrected chi connectivity index (χ2v) is 6.18. The highest BCUT2D eigenvalue weighted by atomic mass is 79.9. The van der Waals surface area contributed by atoms with Crippen LogP contribution < -0.4 is 5.14 Å². The van der Waals surface area contributed by atoms with Crippen molar-refractivity contribution in [2.24, 2.45) is 5.14 Å². The molecule has 0 unspecified atom stereocenters. The number of carbonyl (C=O) groups is 1. The van der Waals surface area contributed by atoms with Gasteiger partial charge in [0.05, 0.1) is 17.1 Å². The predicted octanol–water partition coefficient (Wildman–Crippen LogP) is 1.29. The van der Waals surface area contributed by atoms with Gasteiger partial charge in [0.2, 0.25) is 10.0 Å². The van der Waals surface area contributed by atoms with E-state index in [1.165, 1.54) is 18.2 Å². The van der Waals surface area contributed by atoms with Gasteiger partial charge >= 0.3 is 5.97 Å². The van der Waals surface area contributed by atoms with Crippen LogP contribution in [0.1, 0.15) is 16.8 Å². The van der Waals surface area contributed by atoms with E-state index in [2.05, 4.69) is 15.9 Å². The molecule has 19 heavy (non-hydrogen) atoms. The van der Waals surface area contributed by atoms with Crippen LogP contribution >= 0.6 is 15.9 Å². The molecule has 0 spiro atoms. The van der Waals surface area contributed by atoms with Crippen LogP contribution in [-0.4, -0.2) is 34.7 Å². The monoisotopic (exact) mass is 351 g/mol. The lowest BCUT2D eigenvalue weighted by atomic mass is 10.2. The predicted molar refractivity (Wildman–Crippen MR) is 72.3 cm³/mol. The van der Waals surface area contributed by atoms with E-state index in [0.29, 0.717) is 17.5 Å². The number of primary sulfonamides is 1. The van der Waals surface area contributed by atoms with Gasteiger partial charge in [-0.3, -0.25) is 0 Å². The molecule has 6 nitrogen and oxygen atoms in total. The largest absolute Gasteiger partial charge is 0.462 e. The van der Waals surface area contributed by atoms with Crippen molar-refractivity contribution < 1.29 is 22.7 Å². The van der Waals surface area contributed by atoms with Gasteiger partial charge < -0.3 is 9.47 Å². The average molecular weight is 352 g/mol. The van der Waals surface area contributed by atoms with E-state index in [9.17, 15) is 13.2 Å². The first-order chi connectivity index (χ1) is 8.84. The summed E-state index contributed by atoms with van der Waals surface area (Å²) in [4.78, 5) is 11.6. The number of ether oxygens (including phenoxy) is 2. The quantitative estimate of drug-likeness (QED) is 0.615. The number of rotatable bonds is 6. The third-order valence-corrected chi connectivity index (χ3v) is 3.51. The highest BCUT2D eigenvalue weighted by Gasteiger charge is 2.14. The minimum absolute atomic E-state index is 0.121.